The number of carbonyl (C=O) groups excluding carboxylic acids is 1. The number of terminal acetylenes is 1. The Morgan fingerprint density at radius 1 is 1.67 bits per heavy atom. The van der Waals surface area contributed by atoms with Crippen LogP contribution in [0.25, 0.3) is 0 Å². The van der Waals surface area contributed by atoms with Crippen molar-refractivity contribution in [3.05, 3.63) is 21.9 Å². The third-order valence-electron chi connectivity index (χ3n) is 2.25. The van der Waals surface area contributed by atoms with Gasteiger partial charge >= 0.3 is 0 Å². The second-order valence-corrected chi connectivity index (χ2v) is 4.15. The molecule has 1 N–H and O–H groups in total. The molecule has 0 aliphatic heterocycles. The Balaban J connectivity index is 2.73. The maximum absolute atomic E-state index is 11.8. The smallest absolute Gasteiger partial charge is 0.262 e. The summed E-state index contributed by atoms with van der Waals surface area (Å²) in [4.78, 5) is 12.6. The van der Waals surface area contributed by atoms with Gasteiger partial charge in [0.05, 0.1) is 10.9 Å². The molecule has 0 aliphatic rings. The molecule has 0 aliphatic carbocycles. The molecule has 3 heteroatoms. The number of hydrogen-bond donors (Lipinski definition) is 1. The molecule has 1 aromatic rings. The first kappa shape index (κ1) is 11.8. The lowest BCUT2D eigenvalue weighted by Crippen LogP contribution is -2.33. The molecule has 0 aromatic carbocycles. The quantitative estimate of drug-likeness (QED) is 0.777. The molecule has 80 valence electrons. The van der Waals surface area contributed by atoms with Crippen LogP contribution in [0.3, 0.4) is 0 Å². The maximum Gasteiger partial charge on any atom is 0.262 e. The van der Waals surface area contributed by atoms with E-state index >= 15 is 0 Å². The summed E-state index contributed by atoms with van der Waals surface area (Å²) in [6, 6.07) is 1.82. The molecule has 0 radical (unpaired) electrons. The van der Waals surface area contributed by atoms with Crippen molar-refractivity contribution in [1.29, 1.82) is 0 Å². The Bertz CT molecular complexity index is 375. The summed E-state index contributed by atoms with van der Waals surface area (Å²) >= 11 is 1.46. The van der Waals surface area contributed by atoms with Crippen molar-refractivity contribution in [3.63, 3.8) is 0 Å². The lowest BCUT2D eigenvalue weighted by Gasteiger charge is -2.10. The topological polar surface area (TPSA) is 29.1 Å². The minimum Gasteiger partial charge on any atom is -0.338 e. The number of aryl methyl sites for hydroxylation is 1. The average Bonchev–Trinajstić information content (AvgIpc) is 2.73. The fourth-order valence-electron chi connectivity index (χ4n) is 1.30. The van der Waals surface area contributed by atoms with E-state index in [1.807, 2.05) is 25.3 Å². The molecule has 1 amide bonds. The molecule has 0 saturated carbocycles. The van der Waals surface area contributed by atoms with Crippen LogP contribution >= 0.6 is 11.3 Å². The minimum absolute atomic E-state index is 0.0494. The van der Waals surface area contributed by atoms with Crippen molar-refractivity contribution in [2.45, 2.75) is 32.7 Å². The number of thiophene rings is 1. The van der Waals surface area contributed by atoms with Gasteiger partial charge in [-0.15, -0.1) is 17.8 Å². The fraction of sp³-hybridized carbons (Fsp3) is 0.417. The Morgan fingerprint density at radius 2 is 2.40 bits per heavy atom. The molecule has 2 nitrogen and oxygen atoms in total. The van der Waals surface area contributed by atoms with Crippen molar-refractivity contribution < 1.29 is 4.79 Å². The van der Waals surface area contributed by atoms with E-state index in [-0.39, 0.29) is 11.9 Å². The van der Waals surface area contributed by atoms with Gasteiger partial charge in [0.2, 0.25) is 0 Å². The lowest BCUT2D eigenvalue weighted by atomic mass is 10.2. The SMILES string of the molecule is C#CC(CC)NC(=O)c1sccc1CC. The minimum atomic E-state index is -0.163. The summed E-state index contributed by atoms with van der Waals surface area (Å²) in [5.74, 6) is 2.51. The summed E-state index contributed by atoms with van der Waals surface area (Å²) in [6.45, 7) is 4.00. The normalized spacial score (nSPS) is 11.8. The fourth-order valence-corrected chi connectivity index (χ4v) is 2.20. The molecule has 0 fully saturated rings. The number of nitrogens with one attached hydrogen (secondary N) is 1. The molecule has 1 heterocycles. The maximum atomic E-state index is 11.8. The molecule has 0 spiro atoms. The van der Waals surface area contributed by atoms with Crippen LogP contribution < -0.4 is 5.32 Å². The number of hydrogen-bond acceptors (Lipinski definition) is 2. The highest BCUT2D eigenvalue weighted by atomic mass is 32.1. The molecule has 15 heavy (non-hydrogen) atoms. The van der Waals surface area contributed by atoms with Crippen LogP contribution in [-0.4, -0.2) is 11.9 Å². The van der Waals surface area contributed by atoms with Crippen molar-refractivity contribution in [3.8, 4) is 12.3 Å². The van der Waals surface area contributed by atoms with Gasteiger partial charge in [0, 0.05) is 0 Å². The lowest BCUT2D eigenvalue weighted by molar-refractivity contribution is 0.0948. The third-order valence-corrected chi connectivity index (χ3v) is 3.20. The summed E-state index contributed by atoms with van der Waals surface area (Å²) in [7, 11) is 0. The van der Waals surface area contributed by atoms with Gasteiger partial charge in [0.1, 0.15) is 0 Å². The van der Waals surface area contributed by atoms with Gasteiger partial charge < -0.3 is 5.32 Å². The van der Waals surface area contributed by atoms with Crippen LogP contribution in [0.4, 0.5) is 0 Å². The van der Waals surface area contributed by atoms with Crippen molar-refractivity contribution in [1.82, 2.24) is 5.32 Å². The van der Waals surface area contributed by atoms with Gasteiger partial charge in [-0.25, -0.2) is 0 Å². The summed E-state index contributed by atoms with van der Waals surface area (Å²) in [5.41, 5.74) is 1.09. The summed E-state index contributed by atoms with van der Waals surface area (Å²) < 4.78 is 0. The molecule has 1 rings (SSSR count). The van der Waals surface area contributed by atoms with Gasteiger partial charge in [0.15, 0.2) is 0 Å². The molecule has 1 unspecified atom stereocenters. The van der Waals surface area contributed by atoms with E-state index in [9.17, 15) is 4.79 Å². The third kappa shape index (κ3) is 2.84. The van der Waals surface area contributed by atoms with Crippen LogP contribution in [-0.2, 0) is 6.42 Å². The highest BCUT2D eigenvalue weighted by molar-refractivity contribution is 7.12. The Labute approximate surface area is 94.7 Å². The predicted octanol–water partition coefficient (Wildman–Crippen LogP) is 2.45. The highest BCUT2D eigenvalue weighted by Crippen LogP contribution is 2.17. The van der Waals surface area contributed by atoms with Gasteiger partial charge in [-0.3, -0.25) is 4.79 Å². The Hall–Kier alpha value is -1.27. The summed E-state index contributed by atoms with van der Waals surface area (Å²) in [5, 5.41) is 4.76. The van der Waals surface area contributed by atoms with Crippen molar-refractivity contribution >= 4 is 17.2 Å². The zero-order valence-corrected chi connectivity index (χ0v) is 9.86. The second kappa shape index (κ2) is 5.57. The van der Waals surface area contributed by atoms with E-state index in [1.165, 1.54) is 11.3 Å². The highest BCUT2D eigenvalue weighted by Gasteiger charge is 2.14. The zero-order chi connectivity index (χ0) is 11.3. The monoisotopic (exact) mass is 221 g/mol. The van der Waals surface area contributed by atoms with E-state index in [0.717, 1.165) is 23.3 Å². The van der Waals surface area contributed by atoms with Crippen LogP contribution in [0.1, 0.15) is 35.5 Å². The Morgan fingerprint density at radius 3 is 2.93 bits per heavy atom. The first-order valence-corrected chi connectivity index (χ1v) is 5.94. The van der Waals surface area contributed by atoms with Crippen molar-refractivity contribution in [2.75, 3.05) is 0 Å². The van der Waals surface area contributed by atoms with Crippen LogP contribution in [0.2, 0.25) is 0 Å². The number of amides is 1. The van der Waals surface area contributed by atoms with Gasteiger partial charge in [-0.05, 0) is 29.9 Å². The van der Waals surface area contributed by atoms with Crippen LogP contribution in [0.15, 0.2) is 11.4 Å². The van der Waals surface area contributed by atoms with E-state index in [4.69, 9.17) is 6.42 Å². The molecule has 0 saturated heterocycles. The first-order chi connectivity index (χ1) is 7.22. The molecule has 1 atom stereocenters. The van der Waals surface area contributed by atoms with Gasteiger partial charge in [-0.2, -0.15) is 0 Å². The van der Waals surface area contributed by atoms with Crippen molar-refractivity contribution in [2.24, 2.45) is 0 Å². The van der Waals surface area contributed by atoms with Gasteiger partial charge in [-0.1, -0.05) is 19.8 Å². The number of carbonyl (C=O) groups is 1. The van der Waals surface area contributed by atoms with E-state index < -0.39 is 0 Å². The summed E-state index contributed by atoms with van der Waals surface area (Å²) in [6.07, 6.45) is 6.93. The molecule has 1 aromatic heterocycles. The second-order valence-electron chi connectivity index (χ2n) is 3.23. The van der Waals surface area contributed by atoms with Gasteiger partial charge in [0.25, 0.3) is 5.91 Å². The van der Waals surface area contributed by atoms with E-state index in [0.29, 0.717) is 0 Å². The predicted molar refractivity (Wildman–Crippen MR) is 64.1 cm³/mol. The first-order valence-electron chi connectivity index (χ1n) is 5.06. The largest absolute Gasteiger partial charge is 0.338 e. The zero-order valence-electron chi connectivity index (χ0n) is 9.04. The average molecular weight is 221 g/mol. The molecular weight excluding hydrogens is 206 g/mol. The van der Waals surface area contributed by atoms with Crippen LogP contribution in [0.5, 0.6) is 0 Å². The van der Waals surface area contributed by atoms with E-state index in [2.05, 4.69) is 11.2 Å². The van der Waals surface area contributed by atoms with Crippen LogP contribution in [0, 0.1) is 12.3 Å². The molecular formula is C12H15NOS. The number of rotatable bonds is 4. The molecule has 0 bridgehead atoms. The van der Waals surface area contributed by atoms with E-state index in [1.54, 1.807) is 0 Å². The Kier molecular flexibility index (Phi) is 4.38. The standard InChI is InChI=1S/C12H15NOS/c1-4-9-7-8-15-11(9)12(14)13-10(5-2)6-3/h2,7-8,10H,4,6H2,1,3H3,(H,13,14).